The van der Waals surface area contributed by atoms with Crippen molar-refractivity contribution in [3.05, 3.63) is 0 Å². The molecule has 2 aliphatic rings. The van der Waals surface area contributed by atoms with E-state index in [-0.39, 0.29) is 0 Å². The molecule has 0 amide bonds. The van der Waals surface area contributed by atoms with Crippen LogP contribution < -0.4 is 5.32 Å². The van der Waals surface area contributed by atoms with Gasteiger partial charge in [0.2, 0.25) is 0 Å². The molecule has 0 aromatic rings. The van der Waals surface area contributed by atoms with E-state index in [0.717, 1.165) is 11.8 Å². The molecule has 94 valence electrons. The highest BCUT2D eigenvalue weighted by molar-refractivity contribution is 5.12. The second kappa shape index (κ2) is 3.48. The fraction of sp³-hybridized carbons (Fsp3) is 1.00. The Bertz CT molecular complexity index is 234. The third-order valence-electron chi connectivity index (χ3n) is 5.42. The fourth-order valence-corrected chi connectivity index (χ4v) is 5.72. The zero-order chi connectivity index (χ0) is 12.2. The molecule has 1 nitrogen and oxygen atoms in total. The van der Waals surface area contributed by atoms with Crippen molar-refractivity contribution < 1.29 is 0 Å². The summed E-state index contributed by atoms with van der Waals surface area (Å²) in [5.41, 5.74) is 1.35. The van der Waals surface area contributed by atoms with Crippen LogP contribution in [0, 0.1) is 28.1 Å². The number of hydrogen-bond acceptors (Lipinski definition) is 1. The highest BCUT2D eigenvalue weighted by Gasteiger charge is 2.62. The van der Waals surface area contributed by atoms with E-state index in [9.17, 15) is 0 Å². The first kappa shape index (κ1) is 12.4. The Kier molecular flexibility index (Phi) is 2.70. The summed E-state index contributed by atoms with van der Waals surface area (Å²) in [5.74, 6) is 1.76. The zero-order valence-electron chi connectivity index (χ0n) is 12.0. The predicted molar refractivity (Wildman–Crippen MR) is 70.4 cm³/mol. The molecule has 1 saturated carbocycles. The van der Waals surface area contributed by atoms with E-state index < -0.39 is 0 Å². The van der Waals surface area contributed by atoms with Crippen molar-refractivity contribution in [1.82, 2.24) is 5.32 Å². The van der Waals surface area contributed by atoms with Gasteiger partial charge in [0.05, 0.1) is 0 Å². The Hall–Kier alpha value is -0.0400. The molecular formula is C15H29N. The average molecular weight is 223 g/mol. The van der Waals surface area contributed by atoms with Gasteiger partial charge in [-0.25, -0.2) is 0 Å². The lowest BCUT2D eigenvalue weighted by atomic mass is 9.46. The van der Waals surface area contributed by atoms with E-state index in [1.807, 2.05) is 0 Å². The maximum Gasteiger partial charge on any atom is -0.00146 e. The van der Waals surface area contributed by atoms with Crippen molar-refractivity contribution in [2.45, 2.75) is 54.4 Å². The van der Waals surface area contributed by atoms with Crippen LogP contribution in [0.1, 0.15) is 54.4 Å². The van der Waals surface area contributed by atoms with Gasteiger partial charge < -0.3 is 5.32 Å². The van der Waals surface area contributed by atoms with Crippen molar-refractivity contribution >= 4 is 0 Å². The molecule has 1 N–H and O–H groups in total. The van der Waals surface area contributed by atoms with Crippen LogP contribution in [0.15, 0.2) is 0 Å². The Morgan fingerprint density at radius 3 is 1.44 bits per heavy atom. The molecule has 2 fully saturated rings. The van der Waals surface area contributed by atoms with Crippen LogP contribution in [0.5, 0.6) is 0 Å². The van der Waals surface area contributed by atoms with Gasteiger partial charge in [0.15, 0.2) is 0 Å². The molecule has 1 aliphatic heterocycles. The maximum atomic E-state index is 3.65. The van der Waals surface area contributed by atoms with Gasteiger partial charge in [0.25, 0.3) is 0 Å². The monoisotopic (exact) mass is 223 g/mol. The first-order valence-electron chi connectivity index (χ1n) is 6.92. The van der Waals surface area contributed by atoms with E-state index in [4.69, 9.17) is 0 Å². The van der Waals surface area contributed by atoms with Gasteiger partial charge in [-0.1, -0.05) is 41.5 Å². The molecule has 1 heterocycles. The maximum absolute atomic E-state index is 3.65. The number of piperidine rings is 1. The lowest BCUT2D eigenvalue weighted by Gasteiger charge is -2.60. The fourth-order valence-electron chi connectivity index (χ4n) is 5.72. The van der Waals surface area contributed by atoms with Crippen LogP contribution in [0.25, 0.3) is 0 Å². The molecule has 0 radical (unpaired) electrons. The lowest BCUT2D eigenvalue weighted by Crippen LogP contribution is -2.60. The van der Waals surface area contributed by atoms with E-state index in [1.54, 1.807) is 0 Å². The largest absolute Gasteiger partial charge is 0.316 e. The van der Waals surface area contributed by atoms with Crippen LogP contribution >= 0.6 is 0 Å². The molecule has 2 rings (SSSR count). The Morgan fingerprint density at radius 1 is 0.812 bits per heavy atom. The molecule has 1 aliphatic carbocycles. The van der Waals surface area contributed by atoms with Crippen LogP contribution in [0.3, 0.4) is 0 Å². The van der Waals surface area contributed by atoms with Gasteiger partial charge >= 0.3 is 0 Å². The molecule has 2 bridgehead atoms. The molecule has 0 aromatic heterocycles. The van der Waals surface area contributed by atoms with Crippen molar-refractivity contribution in [2.75, 3.05) is 13.1 Å². The van der Waals surface area contributed by atoms with Crippen LogP contribution in [0.4, 0.5) is 0 Å². The van der Waals surface area contributed by atoms with Gasteiger partial charge in [-0.15, -0.1) is 0 Å². The number of nitrogens with one attached hydrogen (secondary N) is 1. The molecule has 2 atom stereocenters. The third kappa shape index (κ3) is 1.40. The van der Waals surface area contributed by atoms with Gasteiger partial charge in [0, 0.05) is 0 Å². The minimum absolute atomic E-state index is 0.416. The standard InChI is InChI=1S/C15H29N/c1-13(2,3)15(14(4,5)6)11-7-8-12(15)10-16-9-11/h11-12,16H,7-10H2,1-6H3. The second-order valence-electron chi connectivity index (χ2n) is 8.00. The number of rotatable bonds is 0. The molecule has 1 saturated heterocycles. The van der Waals surface area contributed by atoms with E-state index in [0.29, 0.717) is 16.2 Å². The summed E-state index contributed by atoms with van der Waals surface area (Å²) >= 11 is 0. The third-order valence-corrected chi connectivity index (χ3v) is 5.42. The van der Waals surface area contributed by atoms with Crippen LogP contribution in [-0.4, -0.2) is 13.1 Å². The summed E-state index contributed by atoms with van der Waals surface area (Å²) in [7, 11) is 0. The number of hydrogen-bond donors (Lipinski definition) is 1. The van der Waals surface area contributed by atoms with E-state index in [1.165, 1.54) is 25.9 Å². The second-order valence-corrected chi connectivity index (χ2v) is 8.00. The SMILES string of the molecule is CC(C)(C)C1(C(C)(C)C)C2CCC1CNC2. The van der Waals surface area contributed by atoms with Gasteiger partial charge in [-0.3, -0.25) is 0 Å². The van der Waals surface area contributed by atoms with Crippen LogP contribution in [0.2, 0.25) is 0 Å². The molecule has 1 heteroatoms. The van der Waals surface area contributed by atoms with Crippen molar-refractivity contribution in [2.24, 2.45) is 28.1 Å². The zero-order valence-corrected chi connectivity index (χ0v) is 12.0. The molecule has 2 unspecified atom stereocenters. The smallest absolute Gasteiger partial charge is 0.00146 e. The molecule has 0 aromatic carbocycles. The Labute approximate surface area is 101 Å². The topological polar surface area (TPSA) is 12.0 Å². The summed E-state index contributed by atoms with van der Waals surface area (Å²) in [4.78, 5) is 0. The van der Waals surface area contributed by atoms with Gasteiger partial charge in [0.1, 0.15) is 0 Å². The highest BCUT2D eigenvalue weighted by Crippen LogP contribution is 2.66. The van der Waals surface area contributed by atoms with Gasteiger partial charge in [-0.2, -0.15) is 0 Å². The Balaban J connectivity index is 2.51. The summed E-state index contributed by atoms with van der Waals surface area (Å²) in [6.45, 7) is 17.3. The van der Waals surface area contributed by atoms with Crippen molar-refractivity contribution in [1.29, 1.82) is 0 Å². The van der Waals surface area contributed by atoms with Crippen molar-refractivity contribution in [3.63, 3.8) is 0 Å². The molecular weight excluding hydrogens is 194 g/mol. The highest BCUT2D eigenvalue weighted by atomic mass is 14.9. The summed E-state index contributed by atoms with van der Waals surface area (Å²) in [6, 6.07) is 0. The minimum Gasteiger partial charge on any atom is -0.316 e. The predicted octanol–water partition coefficient (Wildman–Crippen LogP) is 3.69. The first-order valence-corrected chi connectivity index (χ1v) is 6.92. The lowest BCUT2D eigenvalue weighted by molar-refractivity contribution is -0.116. The summed E-state index contributed by atoms with van der Waals surface area (Å²) < 4.78 is 0. The van der Waals surface area contributed by atoms with Crippen LogP contribution in [-0.2, 0) is 0 Å². The summed E-state index contributed by atoms with van der Waals surface area (Å²) in [5, 5.41) is 3.65. The van der Waals surface area contributed by atoms with E-state index >= 15 is 0 Å². The van der Waals surface area contributed by atoms with Gasteiger partial charge in [-0.05, 0) is 54.0 Å². The normalized spacial score (nSPS) is 34.1. The average Bonchev–Trinajstić information content (AvgIpc) is 2.30. The first-order chi connectivity index (χ1) is 7.21. The summed E-state index contributed by atoms with van der Waals surface area (Å²) in [6.07, 6.45) is 2.87. The Morgan fingerprint density at radius 2 is 1.19 bits per heavy atom. The number of fused-ring (bicyclic) bond motifs is 2. The molecule has 0 spiro atoms. The minimum atomic E-state index is 0.416. The quantitative estimate of drug-likeness (QED) is 0.660. The van der Waals surface area contributed by atoms with E-state index in [2.05, 4.69) is 46.9 Å². The molecule has 16 heavy (non-hydrogen) atoms. The van der Waals surface area contributed by atoms with Crippen molar-refractivity contribution in [3.8, 4) is 0 Å².